The van der Waals surface area contributed by atoms with Gasteiger partial charge in [-0.15, -0.1) is 0 Å². The molecule has 0 saturated heterocycles. The van der Waals surface area contributed by atoms with Crippen molar-refractivity contribution in [3.05, 3.63) is 35.5 Å². The predicted molar refractivity (Wildman–Crippen MR) is 55.9 cm³/mol. The van der Waals surface area contributed by atoms with E-state index in [2.05, 4.69) is 4.98 Å². The van der Waals surface area contributed by atoms with E-state index in [1.54, 1.807) is 13.0 Å². The van der Waals surface area contributed by atoms with Gasteiger partial charge in [0.15, 0.2) is 0 Å². The number of hydrogen-bond donors (Lipinski definition) is 1. The third kappa shape index (κ3) is 1.58. The monoisotopic (exact) mass is 226 g/mol. The highest BCUT2D eigenvalue weighted by Gasteiger charge is 2.33. The number of aryl methyl sites for hydroxylation is 1. The number of anilines is 1. The van der Waals surface area contributed by atoms with Gasteiger partial charge in [0.2, 0.25) is 0 Å². The second-order valence-electron chi connectivity index (χ2n) is 3.55. The van der Waals surface area contributed by atoms with E-state index in [-0.39, 0.29) is 11.2 Å². The van der Waals surface area contributed by atoms with E-state index in [0.717, 1.165) is 6.07 Å². The average molecular weight is 226 g/mol. The number of alkyl halides is 3. The van der Waals surface area contributed by atoms with Gasteiger partial charge in [0, 0.05) is 11.6 Å². The summed E-state index contributed by atoms with van der Waals surface area (Å²) < 4.78 is 38.2. The molecular weight excluding hydrogens is 217 g/mol. The minimum atomic E-state index is -4.41. The Morgan fingerprint density at radius 2 is 1.94 bits per heavy atom. The van der Waals surface area contributed by atoms with Gasteiger partial charge >= 0.3 is 6.18 Å². The van der Waals surface area contributed by atoms with Gasteiger partial charge in [0.05, 0.1) is 5.56 Å². The lowest BCUT2D eigenvalue weighted by molar-refractivity contribution is -0.136. The van der Waals surface area contributed by atoms with Crippen LogP contribution in [0.15, 0.2) is 24.4 Å². The molecule has 0 radical (unpaired) electrons. The molecule has 0 aliphatic heterocycles. The van der Waals surface area contributed by atoms with Crippen LogP contribution in [-0.2, 0) is 6.18 Å². The minimum absolute atomic E-state index is 0.0185. The highest BCUT2D eigenvalue weighted by molar-refractivity contribution is 5.96. The van der Waals surface area contributed by atoms with Crippen LogP contribution in [0.5, 0.6) is 0 Å². The van der Waals surface area contributed by atoms with Crippen molar-refractivity contribution in [1.82, 2.24) is 4.98 Å². The normalized spacial score (nSPS) is 12.0. The van der Waals surface area contributed by atoms with Crippen LogP contribution < -0.4 is 5.73 Å². The van der Waals surface area contributed by atoms with Gasteiger partial charge in [-0.3, -0.25) is 0 Å². The summed E-state index contributed by atoms with van der Waals surface area (Å²) in [5.74, 6) is -0.0893. The SMILES string of the molecule is Cc1cnc(N)c2c(C(F)(F)F)cccc12. The standard InChI is InChI=1S/C11H9F3N2/c1-6-5-16-10(15)9-7(6)3-2-4-8(9)11(12,13)14/h2-5H,1H3,(H2,15,16). The molecule has 1 aromatic heterocycles. The molecule has 0 bridgehead atoms. The highest BCUT2D eigenvalue weighted by atomic mass is 19.4. The van der Waals surface area contributed by atoms with E-state index in [9.17, 15) is 13.2 Å². The van der Waals surface area contributed by atoms with Gasteiger partial charge in [-0.25, -0.2) is 4.98 Å². The van der Waals surface area contributed by atoms with E-state index in [0.29, 0.717) is 10.9 Å². The summed E-state index contributed by atoms with van der Waals surface area (Å²) in [7, 11) is 0. The summed E-state index contributed by atoms with van der Waals surface area (Å²) in [6.45, 7) is 1.70. The number of nitrogens with zero attached hydrogens (tertiary/aromatic N) is 1. The largest absolute Gasteiger partial charge is 0.417 e. The Kier molecular flexibility index (Phi) is 2.26. The molecule has 0 atom stereocenters. The topological polar surface area (TPSA) is 38.9 Å². The van der Waals surface area contributed by atoms with Crippen molar-refractivity contribution >= 4 is 16.6 Å². The fourth-order valence-electron chi connectivity index (χ4n) is 1.69. The fourth-order valence-corrected chi connectivity index (χ4v) is 1.69. The van der Waals surface area contributed by atoms with Crippen molar-refractivity contribution in [3.8, 4) is 0 Å². The molecule has 0 aliphatic rings. The van der Waals surface area contributed by atoms with Crippen LogP contribution in [0.1, 0.15) is 11.1 Å². The Morgan fingerprint density at radius 1 is 1.25 bits per heavy atom. The van der Waals surface area contributed by atoms with Crippen LogP contribution in [0, 0.1) is 6.92 Å². The van der Waals surface area contributed by atoms with Crippen molar-refractivity contribution in [2.75, 3.05) is 5.73 Å². The first kappa shape index (κ1) is 10.7. The van der Waals surface area contributed by atoms with Crippen molar-refractivity contribution < 1.29 is 13.2 Å². The summed E-state index contributed by atoms with van der Waals surface area (Å²) in [4.78, 5) is 3.76. The number of rotatable bonds is 0. The lowest BCUT2D eigenvalue weighted by atomic mass is 10.0. The number of pyridine rings is 1. The Balaban J connectivity index is 2.92. The number of halogens is 3. The second-order valence-corrected chi connectivity index (χ2v) is 3.55. The van der Waals surface area contributed by atoms with Gasteiger partial charge in [0.1, 0.15) is 5.82 Å². The molecule has 2 aromatic rings. The van der Waals surface area contributed by atoms with Crippen LogP contribution in [0.3, 0.4) is 0 Å². The average Bonchev–Trinajstić information content (AvgIpc) is 2.22. The predicted octanol–water partition coefficient (Wildman–Crippen LogP) is 3.14. The first-order chi connectivity index (χ1) is 7.41. The van der Waals surface area contributed by atoms with Crippen LogP contribution in [-0.4, -0.2) is 4.98 Å². The Bertz CT molecular complexity index is 547. The van der Waals surface area contributed by atoms with Crippen molar-refractivity contribution in [2.24, 2.45) is 0 Å². The van der Waals surface area contributed by atoms with Crippen LogP contribution in [0.25, 0.3) is 10.8 Å². The van der Waals surface area contributed by atoms with Crippen molar-refractivity contribution in [1.29, 1.82) is 0 Å². The van der Waals surface area contributed by atoms with E-state index in [1.165, 1.54) is 12.3 Å². The lowest BCUT2D eigenvalue weighted by Gasteiger charge is -2.12. The zero-order chi connectivity index (χ0) is 11.9. The smallest absolute Gasteiger partial charge is 0.383 e. The van der Waals surface area contributed by atoms with Gasteiger partial charge in [0.25, 0.3) is 0 Å². The Morgan fingerprint density at radius 3 is 2.56 bits per heavy atom. The van der Waals surface area contributed by atoms with Crippen LogP contribution in [0.4, 0.5) is 19.0 Å². The van der Waals surface area contributed by atoms with E-state index < -0.39 is 11.7 Å². The molecule has 16 heavy (non-hydrogen) atoms. The number of nitrogens with two attached hydrogens (primary N) is 1. The third-order valence-electron chi connectivity index (χ3n) is 2.45. The maximum Gasteiger partial charge on any atom is 0.417 e. The van der Waals surface area contributed by atoms with Crippen molar-refractivity contribution in [3.63, 3.8) is 0 Å². The highest BCUT2D eigenvalue weighted by Crippen LogP contribution is 2.37. The molecule has 1 aromatic carbocycles. The molecule has 84 valence electrons. The molecule has 2 rings (SSSR count). The molecule has 0 amide bonds. The molecule has 2 N–H and O–H groups in total. The number of nitrogen functional groups attached to an aromatic ring is 1. The summed E-state index contributed by atoms with van der Waals surface area (Å²) in [6, 6.07) is 4.00. The van der Waals surface area contributed by atoms with Crippen LogP contribution >= 0.6 is 0 Å². The van der Waals surface area contributed by atoms with Crippen LogP contribution in [0.2, 0.25) is 0 Å². The third-order valence-corrected chi connectivity index (χ3v) is 2.45. The molecule has 0 aliphatic carbocycles. The molecule has 0 spiro atoms. The molecule has 2 nitrogen and oxygen atoms in total. The van der Waals surface area contributed by atoms with E-state index >= 15 is 0 Å². The minimum Gasteiger partial charge on any atom is -0.383 e. The Labute approximate surface area is 89.9 Å². The Hall–Kier alpha value is -1.78. The van der Waals surface area contributed by atoms with Gasteiger partial charge < -0.3 is 5.73 Å². The fraction of sp³-hybridized carbons (Fsp3) is 0.182. The van der Waals surface area contributed by atoms with E-state index in [1.807, 2.05) is 0 Å². The second kappa shape index (κ2) is 3.37. The summed E-state index contributed by atoms with van der Waals surface area (Å²) in [6.07, 6.45) is -2.94. The quantitative estimate of drug-likeness (QED) is 0.749. The number of hydrogen-bond acceptors (Lipinski definition) is 2. The van der Waals surface area contributed by atoms with Gasteiger partial charge in [-0.05, 0) is 23.9 Å². The van der Waals surface area contributed by atoms with Gasteiger partial charge in [-0.1, -0.05) is 12.1 Å². The zero-order valence-corrected chi connectivity index (χ0v) is 8.47. The van der Waals surface area contributed by atoms with E-state index in [4.69, 9.17) is 5.73 Å². The first-order valence-corrected chi connectivity index (χ1v) is 4.62. The molecule has 0 fully saturated rings. The molecule has 1 heterocycles. The zero-order valence-electron chi connectivity index (χ0n) is 8.47. The molecule has 0 saturated carbocycles. The maximum atomic E-state index is 12.7. The maximum absolute atomic E-state index is 12.7. The van der Waals surface area contributed by atoms with Gasteiger partial charge in [-0.2, -0.15) is 13.2 Å². The molecule has 0 unspecified atom stereocenters. The number of aromatic nitrogens is 1. The lowest BCUT2D eigenvalue weighted by Crippen LogP contribution is -2.08. The molecule has 5 heteroatoms. The molecular formula is C11H9F3N2. The number of fused-ring (bicyclic) bond motifs is 1. The number of benzene rings is 1. The summed E-state index contributed by atoms with van der Waals surface area (Å²) in [5.41, 5.74) is 5.45. The summed E-state index contributed by atoms with van der Waals surface area (Å²) in [5, 5.41) is 0.470. The van der Waals surface area contributed by atoms with Crippen molar-refractivity contribution in [2.45, 2.75) is 13.1 Å². The first-order valence-electron chi connectivity index (χ1n) is 4.62. The summed E-state index contributed by atoms with van der Waals surface area (Å²) >= 11 is 0.